The smallest absolute Gasteiger partial charge is 0.223 e. The van der Waals surface area contributed by atoms with Gasteiger partial charge in [0.25, 0.3) is 0 Å². The van der Waals surface area contributed by atoms with Crippen LogP contribution in [0.1, 0.15) is 55.6 Å². The maximum atomic E-state index is 12.8. The number of piperidine rings is 2. The van der Waals surface area contributed by atoms with Gasteiger partial charge in [-0.1, -0.05) is 24.3 Å². The molecule has 0 bridgehead atoms. The number of benzene rings is 1. The van der Waals surface area contributed by atoms with Crippen molar-refractivity contribution >= 4 is 11.8 Å². The lowest BCUT2D eigenvalue weighted by molar-refractivity contribution is -0.141. The first-order valence-corrected chi connectivity index (χ1v) is 9.66. The second-order valence-electron chi connectivity index (χ2n) is 8.27. The van der Waals surface area contributed by atoms with Crippen LogP contribution in [0.2, 0.25) is 0 Å². The first-order chi connectivity index (χ1) is 12.1. The largest absolute Gasteiger partial charge is 0.345 e. The van der Waals surface area contributed by atoms with Gasteiger partial charge in [-0.15, -0.1) is 0 Å². The molecule has 3 aliphatic rings. The summed E-state index contributed by atoms with van der Waals surface area (Å²) in [4.78, 5) is 28.5. The quantitative estimate of drug-likeness (QED) is 0.830. The van der Waals surface area contributed by atoms with E-state index in [2.05, 4.69) is 29.2 Å². The van der Waals surface area contributed by atoms with Crippen LogP contribution in [0.15, 0.2) is 24.3 Å². The van der Waals surface area contributed by atoms with Gasteiger partial charge in [0.2, 0.25) is 11.8 Å². The molecular formula is C21H28N2O2. The van der Waals surface area contributed by atoms with E-state index in [4.69, 9.17) is 0 Å². The predicted molar refractivity (Wildman–Crippen MR) is 97.2 cm³/mol. The third kappa shape index (κ3) is 3.19. The standard InChI is InChI=1S/C21H28N2O2/c1-22-15-21(9-8-19(22)24)10-12-23(13-11-21)20(25)14-17-7-6-16-4-2-3-5-18(16)17/h2-5,17H,6-15H2,1H3. The van der Waals surface area contributed by atoms with E-state index in [9.17, 15) is 9.59 Å². The second kappa shape index (κ2) is 6.47. The molecule has 4 nitrogen and oxygen atoms in total. The normalized spacial score (nSPS) is 25.3. The van der Waals surface area contributed by atoms with Crippen molar-refractivity contribution in [2.24, 2.45) is 5.41 Å². The highest BCUT2D eigenvalue weighted by atomic mass is 16.2. The van der Waals surface area contributed by atoms with Crippen LogP contribution in [0.4, 0.5) is 0 Å². The lowest BCUT2D eigenvalue weighted by atomic mass is 9.72. The van der Waals surface area contributed by atoms with E-state index >= 15 is 0 Å². The van der Waals surface area contributed by atoms with Crippen molar-refractivity contribution in [1.82, 2.24) is 9.80 Å². The van der Waals surface area contributed by atoms with Gasteiger partial charge in [0.05, 0.1) is 0 Å². The van der Waals surface area contributed by atoms with Crippen LogP contribution in [-0.4, -0.2) is 48.3 Å². The SMILES string of the molecule is CN1CC2(CCC1=O)CCN(C(=O)CC1CCc3ccccc31)CC2. The Labute approximate surface area is 150 Å². The van der Waals surface area contributed by atoms with Crippen molar-refractivity contribution in [1.29, 1.82) is 0 Å². The van der Waals surface area contributed by atoms with Gasteiger partial charge in [0, 0.05) is 39.5 Å². The summed E-state index contributed by atoms with van der Waals surface area (Å²) in [7, 11) is 1.91. The van der Waals surface area contributed by atoms with Gasteiger partial charge in [-0.05, 0) is 54.6 Å². The Hall–Kier alpha value is -1.84. The van der Waals surface area contributed by atoms with Crippen LogP contribution >= 0.6 is 0 Å². The summed E-state index contributed by atoms with van der Waals surface area (Å²) >= 11 is 0. The second-order valence-corrected chi connectivity index (χ2v) is 8.27. The minimum absolute atomic E-state index is 0.249. The maximum Gasteiger partial charge on any atom is 0.223 e. The Balaban J connectivity index is 1.34. The third-order valence-corrected chi connectivity index (χ3v) is 6.72. The molecule has 134 valence electrons. The molecule has 1 aliphatic carbocycles. The Morgan fingerprint density at radius 1 is 1.16 bits per heavy atom. The topological polar surface area (TPSA) is 40.6 Å². The number of carbonyl (C=O) groups is 2. The molecule has 1 aromatic carbocycles. The van der Waals surface area contributed by atoms with Crippen LogP contribution in [0.5, 0.6) is 0 Å². The van der Waals surface area contributed by atoms with E-state index in [-0.39, 0.29) is 11.3 Å². The van der Waals surface area contributed by atoms with E-state index in [0.29, 0.717) is 24.7 Å². The molecule has 2 saturated heterocycles. The lowest BCUT2D eigenvalue weighted by Gasteiger charge is -2.46. The summed E-state index contributed by atoms with van der Waals surface area (Å²) in [6.45, 7) is 2.58. The molecule has 1 atom stereocenters. The van der Waals surface area contributed by atoms with Crippen LogP contribution in [0.25, 0.3) is 0 Å². The molecule has 2 fully saturated rings. The molecule has 2 heterocycles. The number of hydrogen-bond donors (Lipinski definition) is 0. The molecule has 25 heavy (non-hydrogen) atoms. The molecule has 4 rings (SSSR count). The number of fused-ring (bicyclic) bond motifs is 1. The Kier molecular flexibility index (Phi) is 4.30. The van der Waals surface area contributed by atoms with E-state index in [0.717, 1.165) is 51.7 Å². The maximum absolute atomic E-state index is 12.8. The number of aryl methyl sites for hydroxylation is 1. The number of carbonyl (C=O) groups excluding carboxylic acids is 2. The molecule has 1 aromatic rings. The highest BCUT2D eigenvalue weighted by Crippen LogP contribution is 2.41. The number of amides is 2. The van der Waals surface area contributed by atoms with Crippen LogP contribution in [0.3, 0.4) is 0 Å². The number of hydrogen-bond acceptors (Lipinski definition) is 2. The molecule has 1 unspecified atom stereocenters. The zero-order valence-corrected chi connectivity index (χ0v) is 15.2. The van der Waals surface area contributed by atoms with Crippen molar-refractivity contribution in [3.8, 4) is 0 Å². The molecule has 2 amide bonds. The molecule has 4 heteroatoms. The Bertz CT molecular complexity index is 676. The van der Waals surface area contributed by atoms with Gasteiger partial charge in [-0.2, -0.15) is 0 Å². The fourth-order valence-corrected chi connectivity index (χ4v) is 5.07. The minimum Gasteiger partial charge on any atom is -0.345 e. The molecule has 2 aliphatic heterocycles. The minimum atomic E-state index is 0.249. The van der Waals surface area contributed by atoms with E-state index in [1.54, 1.807) is 0 Å². The van der Waals surface area contributed by atoms with Crippen LogP contribution in [0, 0.1) is 5.41 Å². The molecule has 0 aromatic heterocycles. The van der Waals surface area contributed by atoms with Crippen LogP contribution < -0.4 is 0 Å². The predicted octanol–water partition coefficient (Wildman–Crippen LogP) is 2.97. The summed E-state index contributed by atoms with van der Waals surface area (Å²) < 4.78 is 0. The monoisotopic (exact) mass is 340 g/mol. The fourth-order valence-electron chi connectivity index (χ4n) is 5.07. The van der Waals surface area contributed by atoms with Crippen molar-refractivity contribution in [3.63, 3.8) is 0 Å². The van der Waals surface area contributed by atoms with Crippen molar-refractivity contribution in [2.45, 2.75) is 50.9 Å². The number of rotatable bonds is 2. The summed E-state index contributed by atoms with van der Waals surface area (Å²) in [5.74, 6) is 0.985. The Morgan fingerprint density at radius 3 is 2.68 bits per heavy atom. The van der Waals surface area contributed by atoms with Crippen LogP contribution in [-0.2, 0) is 16.0 Å². The van der Waals surface area contributed by atoms with Gasteiger partial charge in [-0.3, -0.25) is 9.59 Å². The fraction of sp³-hybridized carbons (Fsp3) is 0.619. The average Bonchev–Trinajstić information content (AvgIpc) is 3.02. The van der Waals surface area contributed by atoms with Gasteiger partial charge < -0.3 is 9.80 Å². The van der Waals surface area contributed by atoms with Crippen molar-refractivity contribution in [3.05, 3.63) is 35.4 Å². The average molecular weight is 340 g/mol. The molecule has 0 radical (unpaired) electrons. The first kappa shape index (κ1) is 16.6. The van der Waals surface area contributed by atoms with Gasteiger partial charge in [0.1, 0.15) is 0 Å². The summed E-state index contributed by atoms with van der Waals surface area (Å²) in [6, 6.07) is 8.58. The molecule has 1 spiro atoms. The van der Waals surface area contributed by atoms with Crippen molar-refractivity contribution < 1.29 is 9.59 Å². The number of likely N-dealkylation sites (tertiary alicyclic amines) is 2. The zero-order chi connectivity index (χ0) is 17.4. The van der Waals surface area contributed by atoms with Crippen molar-refractivity contribution in [2.75, 3.05) is 26.7 Å². The highest BCUT2D eigenvalue weighted by molar-refractivity contribution is 5.78. The van der Waals surface area contributed by atoms with Gasteiger partial charge in [0.15, 0.2) is 0 Å². The van der Waals surface area contributed by atoms with E-state index in [1.807, 2.05) is 11.9 Å². The molecule has 0 saturated carbocycles. The zero-order valence-electron chi connectivity index (χ0n) is 15.2. The molecule has 0 N–H and O–H groups in total. The summed E-state index contributed by atoms with van der Waals surface area (Å²) in [5, 5.41) is 0. The highest BCUT2D eigenvalue weighted by Gasteiger charge is 2.41. The van der Waals surface area contributed by atoms with E-state index in [1.165, 1.54) is 11.1 Å². The first-order valence-electron chi connectivity index (χ1n) is 9.66. The molecular weight excluding hydrogens is 312 g/mol. The van der Waals surface area contributed by atoms with E-state index < -0.39 is 0 Å². The summed E-state index contributed by atoms with van der Waals surface area (Å²) in [6.07, 6.45) is 6.61. The van der Waals surface area contributed by atoms with Gasteiger partial charge >= 0.3 is 0 Å². The Morgan fingerprint density at radius 2 is 1.92 bits per heavy atom. The van der Waals surface area contributed by atoms with Gasteiger partial charge in [-0.25, -0.2) is 0 Å². The third-order valence-electron chi connectivity index (χ3n) is 6.72. The lowest BCUT2D eigenvalue weighted by Crippen LogP contribution is -2.51. The number of nitrogens with zero attached hydrogens (tertiary/aromatic N) is 2. The summed E-state index contributed by atoms with van der Waals surface area (Å²) in [5.41, 5.74) is 3.06.